The molecular weight excluding hydrogens is 122 g/mol. The summed E-state index contributed by atoms with van der Waals surface area (Å²) in [5.41, 5.74) is 1.32. The van der Waals surface area contributed by atoms with Gasteiger partial charge in [0, 0.05) is 5.54 Å². The Morgan fingerprint density at radius 2 is 1.80 bits per heavy atom. The molecule has 2 aliphatic rings. The zero-order valence-corrected chi connectivity index (χ0v) is 7.04. The van der Waals surface area contributed by atoms with Crippen molar-refractivity contribution in [1.29, 1.82) is 0 Å². The first-order chi connectivity index (χ1) is 4.68. The lowest BCUT2D eigenvalue weighted by molar-refractivity contribution is 0.391. The Balaban J connectivity index is 1.89. The quantitative estimate of drug-likeness (QED) is 0.630. The fraction of sp³-hybridized carbons (Fsp3) is 1.00. The summed E-state index contributed by atoms with van der Waals surface area (Å²) in [6.07, 6.45) is 7.20. The average molecular weight is 139 g/mol. The molecule has 0 heterocycles. The van der Waals surface area contributed by atoms with Crippen LogP contribution in [0.15, 0.2) is 0 Å². The van der Waals surface area contributed by atoms with Crippen LogP contribution in [0.5, 0.6) is 0 Å². The Morgan fingerprint density at radius 3 is 2.10 bits per heavy atom. The lowest BCUT2D eigenvalue weighted by atomic mass is 9.97. The molecule has 2 saturated carbocycles. The molecule has 1 N–H and O–H groups in total. The Morgan fingerprint density at radius 1 is 1.20 bits per heavy atom. The Labute approximate surface area is 63.2 Å². The van der Waals surface area contributed by atoms with Gasteiger partial charge in [-0.15, -0.1) is 0 Å². The number of nitrogens with one attached hydrogen (secondary N) is 1. The molecule has 2 fully saturated rings. The number of hydrogen-bond donors (Lipinski definition) is 1. The molecule has 0 unspecified atom stereocenters. The second-order valence-electron chi connectivity index (χ2n) is 4.52. The molecule has 0 spiro atoms. The van der Waals surface area contributed by atoms with Crippen molar-refractivity contribution in [3.63, 3.8) is 0 Å². The van der Waals surface area contributed by atoms with Crippen molar-refractivity contribution in [2.45, 2.75) is 44.6 Å². The molecule has 58 valence electrons. The lowest BCUT2D eigenvalue weighted by Gasteiger charge is -2.18. The molecule has 0 bridgehead atoms. The molecule has 1 nitrogen and oxygen atoms in total. The summed E-state index contributed by atoms with van der Waals surface area (Å²) in [6, 6.07) is 0. The van der Waals surface area contributed by atoms with E-state index in [0.29, 0.717) is 5.54 Å². The standard InChI is InChI=1S/C9H17N/c1-8(3-4-8)7-9(10-2)5-6-9/h10H,3-7H2,1-2H3. The molecule has 0 aliphatic heterocycles. The molecular formula is C9H17N. The topological polar surface area (TPSA) is 12.0 Å². The van der Waals surface area contributed by atoms with Crippen LogP contribution in [-0.2, 0) is 0 Å². The molecule has 0 radical (unpaired) electrons. The Kier molecular flexibility index (Phi) is 1.17. The minimum Gasteiger partial charge on any atom is -0.314 e. The van der Waals surface area contributed by atoms with Crippen molar-refractivity contribution in [3.8, 4) is 0 Å². The normalized spacial score (nSPS) is 31.8. The summed E-state index contributed by atoms with van der Waals surface area (Å²) in [6.45, 7) is 2.42. The van der Waals surface area contributed by atoms with Crippen molar-refractivity contribution >= 4 is 0 Å². The van der Waals surface area contributed by atoms with E-state index >= 15 is 0 Å². The molecule has 1 heteroatoms. The summed E-state index contributed by atoms with van der Waals surface area (Å²) in [5.74, 6) is 0. The van der Waals surface area contributed by atoms with E-state index in [1.807, 2.05) is 0 Å². The zero-order valence-electron chi connectivity index (χ0n) is 7.04. The van der Waals surface area contributed by atoms with Crippen LogP contribution in [0.2, 0.25) is 0 Å². The molecule has 0 amide bonds. The van der Waals surface area contributed by atoms with Crippen LogP contribution in [-0.4, -0.2) is 12.6 Å². The Hall–Kier alpha value is -0.0400. The smallest absolute Gasteiger partial charge is 0.0185 e. The van der Waals surface area contributed by atoms with Crippen LogP contribution in [0.3, 0.4) is 0 Å². The SMILES string of the molecule is CNC1(CC2(C)CC2)CC1. The summed E-state index contributed by atoms with van der Waals surface area (Å²) in [4.78, 5) is 0. The Bertz CT molecular complexity index is 143. The zero-order chi connectivity index (χ0) is 7.24. The van der Waals surface area contributed by atoms with E-state index in [1.54, 1.807) is 0 Å². The first-order valence-electron chi connectivity index (χ1n) is 4.37. The monoisotopic (exact) mass is 139 g/mol. The van der Waals surface area contributed by atoms with Crippen LogP contribution in [0, 0.1) is 5.41 Å². The van der Waals surface area contributed by atoms with Gasteiger partial charge in [-0.3, -0.25) is 0 Å². The summed E-state index contributed by atoms with van der Waals surface area (Å²) in [7, 11) is 2.11. The fourth-order valence-electron chi connectivity index (χ4n) is 1.87. The first kappa shape index (κ1) is 6.66. The summed E-state index contributed by atoms with van der Waals surface area (Å²) < 4.78 is 0. The van der Waals surface area contributed by atoms with Crippen molar-refractivity contribution in [2.24, 2.45) is 5.41 Å². The van der Waals surface area contributed by atoms with Gasteiger partial charge in [-0.1, -0.05) is 6.92 Å². The van der Waals surface area contributed by atoms with E-state index < -0.39 is 0 Å². The van der Waals surface area contributed by atoms with E-state index in [0.717, 1.165) is 5.41 Å². The first-order valence-corrected chi connectivity index (χ1v) is 4.37. The van der Waals surface area contributed by atoms with Crippen molar-refractivity contribution < 1.29 is 0 Å². The molecule has 0 saturated heterocycles. The molecule has 10 heavy (non-hydrogen) atoms. The minimum atomic E-state index is 0.589. The maximum atomic E-state index is 3.45. The van der Waals surface area contributed by atoms with E-state index in [4.69, 9.17) is 0 Å². The highest BCUT2D eigenvalue weighted by atomic mass is 15.0. The summed E-state index contributed by atoms with van der Waals surface area (Å²) in [5, 5.41) is 3.45. The third kappa shape index (κ3) is 1.07. The minimum absolute atomic E-state index is 0.589. The van der Waals surface area contributed by atoms with Gasteiger partial charge >= 0.3 is 0 Å². The second-order valence-corrected chi connectivity index (χ2v) is 4.52. The van der Waals surface area contributed by atoms with Crippen LogP contribution >= 0.6 is 0 Å². The molecule has 2 rings (SSSR count). The van der Waals surface area contributed by atoms with Crippen molar-refractivity contribution in [1.82, 2.24) is 5.32 Å². The average Bonchev–Trinajstić information content (AvgIpc) is 2.76. The van der Waals surface area contributed by atoms with E-state index in [1.165, 1.54) is 32.1 Å². The van der Waals surface area contributed by atoms with Crippen LogP contribution in [0.1, 0.15) is 39.0 Å². The third-order valence-electron chi connectivity index (χ3n) is 3.25. The molecule has 2 aliphatic carbocycles. The van der Waals surface area contributed by atoms with Gasteiger partial charge in [0.05, 0.1) is 0 Å². The number of hydrogen-bond acceptors (Lipinski definition) is 1. The van der Waals surface area contributed by atoms with Gasteiger partial charge in [0.2, 0.25) is 0 Å². The fourth-order valence-corrected chi connectivity index (χ4v) is 1.87. The molecule has 0 aromatic rings. The van der Waals surface area contributed by atoms with Crippen LogP contribution < -0.4 is 5.32 Å². The number of rotatable bonds is 3. The van der Waals surface area contributed by atoms with Crippen molar-refractivity contribution in [3.05, 3.63) is 0 Å². The van der Waals surface area contributed by atoms with Gasteiger partial charge in [-0.25, -0.2) is 0 Å². The lowest BCUT2D eigenvalue weighted by Crippen LogP contribution is -2.29. The van der Waals surface area contributed by atoms with Gasteiger partial charge in [0.1, 0.15) is 0 Å². The molecule has 0 atom stereocenters. The molecule has 0 aromatic carbocycles. The van der Waals surface area contributed by atoms with Gasteiger partial charge in [0.25, 0.3) is 0 Å². The van der Waals surface area contributed by atoms with E-state index in [9.17, 15) is 0 Å². The molecule has 0 aromatic heterocycles. The largest absolute Gasteiger partial charge is 0.314 e. The maximum Gasteiger partial charge on any atom is 0.0185 e. The van der Waals surface area contributed by atoms with Gasteiger partial charge in [-0.2, -0.15) is 0 Å². The predicted molar refractivity (Wildman–Crippen MR) is 43.0 cm³/mol. The van der Waals surface area contributed by atoms with Crippen molar-refractivity contribution in [2.75, 3.05) is 7.05 Å². The van der Waals surface area contributed by atoms with Gasteiger partial charge in [0.15, 0.2) is 0 Å². The maximum absolute atomic E-state index is 3.45. The van der Waals surface area contributed by atoms with E-state index in [-0.39, 0.29) is 0 Å². The van der Waals surface area contributed by atoms with Gasteiger partial charge < -0.3 is 5.32 Å². The van der Waals surface area contributed by atoms with Gasteiger partial charge in [-0.05, 0) is 44.6 Å². The third-order valence-corrected chi connectivity index (χ3v) is 3.25. The highest BCUT2D eigenvalue weighted by Gasteiger charge is 2.50. The highest BCUT2D eigenvalue weighted by Crippen LogP contribution is 2.56. The highest BCUT2D eigenvalue weighted by molar-refractivity contribution is 5.07. The summed E-state index contributed by atoms with van der Waals surface area (Å²) >= 11 is 0. The van der Waals surface area contributed by atoms with E-state index in [2.05, 4.69) is 19.3 Å². The predicted octanol–water partition coefficient (Wildman–Crippen LogP) is 1.93. The second kappa shape index (κ2) is 1.76. The van der Waals surface area contributed by atoms with Crippen LogP contribution in [0.4, 0.5) is 0 Å². The van der Waals surface area contributed by atoms with Crippen LogP contribution in [0.25, 0.3) is 0 Å².